The van der Waals surface area contributed by atoms with E-state index in [1.807, 2.05) is 14.1 Å². The van der Waals surface area contributed by atoms with Gasteiger partial charge in [0.25, 0.3) is 5.82 Å². The van der Waals surface area contributed by atoms with Crippen LogP contribution in [0.2, 0.25) is 10.0 Å². The SMILES string of the molecule is CC#Cc1nc([N+](=O)[O-])c(C[N+](C)(C)C/C=C/C(=O)Nc2cc3c(Nc4ccc(Cl)c(Cl)c4)ncnc3cn2)n1C. The zero-order chi connectivity index (χ0) is 29.7. The number of benzene rings is 1. The first-order chi connectivity index (χ1) is 19.5. The molecule has 0 saturated heterocycles. The highest BCUT2D eigenvalue weighted by Gasteiger charge is 2.30. The van der Waals surface area contributed by atoms with Crippen LogP contribution in [-0.2, 0) is 18.4 Å². The van der Waals surface area contributed by atoms with Crippen LogP contribution in [0, 0.1) is 22.0 Å². The average Bonchev–Trinajstić information content (AvgIpc) is 3.21. The molecule has 0 saturated carbocycles. The lowest BCUT2D eigenvalue weighted by Gasteiger charge is -2.28. The van der Waals surface area contributed by atoms with Gasteiger partial charge in [-0.15, -0.1) is 0 Å². The molecule has 1 aromatic carbocycles. The van der Waals surface area contributed by atoms with Gasteiger partial charge in [0.05, 0.1) is 42.4 Å². The molecule has 14 heteroatoms. The molecule has 3 heterocycles. The molecule has 12 nitrogen and oxygen atoms in total. The molecule has 0 aliphatic heterocycles. The Morgan fingerprint density at radius 1 is 1.20 bits per heavy atom. The fourth-order valence-electron chi connectivity index (χ4n) is 3.98. The summed E-state index contributed by atoms with van der Waals surface area (Å²) in [5.41, 5.74) is 1.70. The van der Waals surface area contributed by atoms with E-state index < -0.39 is 4.92 Å². The number of nitro groups is 1. The fraction of sp³-hybridized carbons (Fsp3) is 0.222. The molecule has 1 amide bonds. The number of nitrogens with zero attached hydrogens (tertiary/aromatic N) is 7. The molecule has 0 unspecified atom stereocenters. The van der Waals surface area contributed by atoms with Crippen LogP contribution in [0.3, 0.4) is 0 Å². The Kier molecular flexibility index (Phi) is 8.83. The first-order valence-electron chi connectivity index (χ1n) is 12.2. The molecule has 0 radical (unpaired) electrons. The van der Waals surface area contributed by atoms with E-state index in [1.165, 1.54) is 18.6 Å². The highest BCUT2D eigenvalue weighted by Crippen LogP contribution is 2.29. The number of anilines is 3. The monoisotopic (exact) mass is 594 g/mol. The number of halogens is 2. The summed E-state index contributed by atoms with van der Waals surface area (Å²) in [5, 5.41) is 18.9. The number of pyridine rings is 1. The fourth-order valence-corrected chi connectivity index (χ4v) is 4.28. The summed E-state index contributed by atoms with van der Waals surface area (Å²) in [4.78, 5) is 40.6. The van der Waals surface area contributed by atoms with E-state index >= 15 is 0 Å². The first kappa shape index (κ1) is 29.4. The van der Waals surface area contributed by atoms with Crippen molar-refractivity contribution >= 4 is 63.2 Å². The Hall–Kier alpha value is -4.57. The third-order valence-corrected chi connectivity index (χ3v) is 6.74. The van der Waals surface area contributed by atoms with Crippen molar-refractivity contribution in [3.8, 4) is 11.8 Å². The van der Waals surface area contributed by atoms with E-state index in [-0.39, 0.29) is 11.7 Å². The second-order valence-corrected chi connectivity index (χ2v) is 10.4. The maximum absolute atomic E-state index is 12.7. The van der Waals surface area contributed by atoms with Gasteiger partial charge in [0.1, 0.15) is 24.5 Å². The highest BCUT2D eigenvalue weighted by molar-refractivity contribution is 6.42. The van der Waals surface area contributed by atoms with E-state index in [9.17, 15) is 14.9 Å². The van der Waals surface area contributed by atoms with Crippen LogP contribution >= 0.6 is 23.2 Å². The number of amides is 1. The smallest absolute Gasteiger partial charge is 0.358 e. The van der Waals surface area contributed by atoms with Crippen LogP contribution < -0.4 is 10.6 Å². The predicted molar refractivity (Wildman–Crippen MR) is 158 cm³/mol. The Morgan fingerprint density at radius 2 is 1.98 bits per heavy atom. The van der Waals surface area contributed by atoms with Gasteiger partial charge < -0.3 is 25.2 Å². The van der Waals surface area contributed by atoms with Crippen LogP contribution in [0.5, 0.6) is 0 Å². The van der Waals surface area contributed by atoms with Crippen molar-refractivity contribution < 1.29 is 14.2 Å². The topological polar surface area (TPSA) is 141 Å². The number of hydrogen-bond donors (Lipinski definition) is 2. The molecule has 210 valence electrons. The number of quaternary nitrogens is 1. The minimum atomic E-state index is -0.507. The van der Waals surface area contributed by atoms with Crippen LogP contribution in [-0.4, -0.2) is 60.5 Å². The molecule has 41 heavy (non-hydrogen) atoms. The zero-order valence-corrected chi connectivity index (χ0v) is 24.2. The van der Waals surface area contributed by atoms with E-state index in [0.29, 0.717) is 67.4 Å². The number of aromatic nitrogens is 5. The molecule has 2 N–H and O–H groups in total. The van der Waals surface area contributed by atoms with Crippen LogP contribution in [0.15, 0.2) is 48.9 Å². The van der Waals surface area contributed by atoms with Gasteiger partial charge in [-0.3, -0.25) is 9.36 Å². The van der Waals surface area contributed by atoms with Gasteiger partial charge in [-0.05, 0) is 53.1 Å². The lowest BCUT2D eigenvalue weighted by molar-refractivity contribution is -0.898. The second kappa shape index (κ2) is 12.3. The van der Waals surface area contributed by atoms with Gasteiger partial charge in [0, 0.05) is 24.2 Å². The Bertz CT molecular complexity index is 1740. The van der Waals surface area contributed by atoms with Gasteiger partial charge in [-0.25, -0.2) is 15.0 Å². The predicted octanol–water partition coefficient (Wildman–Crippen LogP) is 4.86. The molecular weight excluding hydrogens is 569 g/mol. The maximum Gasteiger partial charge on any atom is 0.392 e. The van der Waals surface area contributed by atoms with Crippen molar-refractivity contribution in [3.05, 3.63) is 80.6 Å². The van der Waals surface area contributed by atoms with Crippen LogP contribution in [0.1, 0.15) is 18.4 Å². The van der Waals surface area contributed by atoms with Crippen LogP contribution in [0.25, 0.3) is 10.9 Å². The molecular formula is C27H26Cl2N9O3+. The molecule has 4 rings (SSSR count). The molecule has 0 atom stereocenters. The van der Waals surface area contributed by atoms with Gasteiger partial charge in [0.15, 0.2) is 5.69 Å². The van der Waals surface area contributed by atoms with Crippen molar-refractivity contribution in [2.45, 2.75) is 13.5 Å². The van der Waals surface area contributed by atoms with Crippen molar-refractivity contribution in [3.63, 3.8) is 0 Å². The van der Waals surface area contributed by atoms with Gasteiger partial charge >= 0.3 is 5.82 Å². The quantitative estimate of drug-likeness (QED) is 0.0919. The zero-order valence-electron chi connectivity index (χ0n) is 22.6. The Labute approximate surface area is 245 Å². The largest absolute Gasteiger partial charge is 0.392 e. The van der Waals surface area contributed by atoms with E-state index in [4.69, 9.17) is 23.2 Å². The van der Waals surface area contributed by atoms with E-state index in [1.54, 1.807) is 48.9 Å². The summed E-state index contributed by atoms with van der Waals surface area (Å²) in [6, 6.07) is 6.78. The molecule has 0 fully saturated rings. The van der Waals surface area contributed by atoms with Gasteiger partial charge in [-0.2, -0.15) is 0 Å². The minimum absolute atomic E-state index is 0.224. The number of carbonyl (C=O) groups excluding carboxylic acids is 1. The molecule has 0 bridgehead atoms. The number of carbonyl (C=O) groups is 1. The minimum Gasteiger partial charge on any atom is -0.358 e. The highest BCUT2D eigenvalue weighted by atomic mass is 35.5. The summed E-state index contributed by atoms with van der Waals surface area (Å²) in [5.74, 6) is 6.02. The normalized spacial score (nSPS) is 11.4. The number of hydrogen-bond acceptors (Lipinski definition) is 8. The van der Waals surface area contributed by atoms with E-state index in [2.05, 4.69) is 42.4 Å². The third-order valence-electron chi connectivity index (χ3n) is 6.00. The summed E-state index contributed by atoms with van der Waals surface area (Å²) >= 11 is 12.1. The maximum atomic E-state index is 12.7. The number of rotatable bonds is 9. The Morgan fingerprint density at radius 3 is 2.68 bits per heavy atom. The van der Waals surface area contributed by atoms with Crippen LogP contribution in [0.4, 0.5) is 23.1 Å². The van der Waals surface area contributed by atoms with E-state index in [0.717, 1.165) is 0 Å². The Balaban J connectivity index is 1.45. The molecule has 0 aliphatic carbocycles. The molecule has 0 spiro atoms. The summed E-state index contributed by atoms with van der Waals surface area (Å²) in [6.45, 7) is 2.37. The number of imidazole rings is 1. The third kappa shape index (κ3) is 7.15. The number of nitrogens with one attached hydrogen (secondary N) is 2. The lowest BCUT2D eigenvalue weighted by atomic mass is 10.2. The number of fused-ring (bicyclic) bond motifs is 1. The summed E-state index contributed by atoms with van der Waals surface area (Å²) in [7, 11) is 5.50. The number of likely N-dealkylation sites (N-methyl/N-ethyl adjacent to an activating group) is 1. The second-order valence-electron chi connectivity index (χ2n) is 9.63. The summed E-state index contributed by atoms with van der Waals surface area (Å²) in [6.07, 6.45) is 6.04. The molecule has 3 aromatic heterocycles. The van der Waals surface area contributed by atoms with Gasteiger partial charge in [0.2, 0.25) is 5.91 Å². The van der Waals surface area contributed by atoms with Gasteiger partial charge in [-0.1, -0.05) is 29.1 Å². The van der Waals surface area contributed by atoms with Crippen molar-refractivity contribution in [1.82, 2.24) is 24.5 Å². The summed E-state index contributed by atoms with van der Waals surface area (Å²) < 4.78 is 1.96. The van der Waals surface area contributed by atoms with Crippen molar-refractivity contribution in [2.24, 2.45) is 7.05 Å². The average molecular weight is 595 g/mol. The van der Waals surface area contributed by atoms with Crippen molar-refractivity contribution in [1.29, 1.82) is 0 Å². The lowest BCUT2D eigenvalue weighted by Crippen LogP contribution is -2.39. The molecule has 4 aromatic rings. The first-order valence-corrected chi connectivity index (χ1v) is 13.0. The molecule has 0 aliphatic rings. The van der Waals surface area contributed by atoms with Crippen molar-refractivity contribution in [2.75, 3.05) is 31.3 Å². The standard InChI is InChI=1S/C27H25Cl2N9O3/c1-5-7-24-35-27(37(40)41)22(36(24)2)15-38(3,4)11-6-8-25(39)34-23-13-18-21(14-30-23)31-16-32-26(18)33-17-9-10-19(28)20(29)12-17/h6,8-10,12-14,16H,11,15H2,1-4H3,(H-,30,31,32,33,34,39)/p+1/b8-6+.